The minimum atomic E-state index is -0.416. The van der Waals surface area contributed by atoms with Crippen LogP contribution in [0.1, 0.15) is 23.7 Å². The van der Waals surface area contributed by atoms with Crippen LogP contribution in [0.4, 0.5) is 5.95 Å². The highest BCUT2D eigenvalue weighted by molar-refractivity contribution is 9.11. The molecule has 0 spiro atoms. The first-order valence-electron chi connectivity index (χ1n) is 6.87. The van der Waals surface area contributed by atoms with Gasteiger partial charge in [-0.1, -0.05) is 28.0 Å². The van der Waals surface area contributed by atoms with Gasteiger partial charge in [-0.15, -0.1) is 0 Å². The van der Waals surface area contributed by atoms with Crippen LogP contribution in [0.5, 0.6) is 5.75 Å². The maximum atomic E-state index is 12.5. The van der Waals surface area contributed by atoms with E-state index in [0.717, 1.165) is 10.9 Å². The first kappa shape index (κ1) is 18.7. The monoisotopic (exact) mass is 476 g/mol. The maximum absolute atomic E-state index is 12.5. The number of nitrogens with zero attached hydrogens (tertiary/aromatic N) is 4. The van der Waals surface area contributed by atoms with Crippen molar-refractivity contribution in [3.05, 3.63) is 26.6 Å². The first-order valence-corrected chi connectivity index (χ1v) is 8.87. The van der Waals surface area contributed by atoms with Crippen LogP contribution in [-0.2, 0) is 6.54 Å². The van der Waals surface area contributed by atoms with Gasteiger partial charge in [-0.3, -0.25) is 15.4 Å². The summed E-state index contributed by atoms with van der Waals surface area (Å²) in [7, 11) is 1.49. The third kappa shape index (κ3) is 4.48. The molecule has 0 aliphatic heterocycles. The number of carbonyl (C=O) groups excluding carboxylic acids is 1. The fraction of sp³-hybridized carbons (Fsp3) is 0.308. The smallest absolute Gasteiger partial charge is 0.261 e. The molecule has 0 atom stereocenters. The normalized spacial score (nSPS) is 10.3. The number of rotatable bonds is 5. The number of tetrazole rings is 1. The largest absolute Gasteiger partial charge is 0.495 e. The van der Waals surface area contributed by atoms with Crippen molar-refractivity contribution in [3.63, 3.8) is 0 Å². The zero-order valence-electron chi connectivity index (χ0n) is 12.8. The van der Waals surface area contributed by atoms with E-state index in [9.17, 15) is 4.79 Å². The van der Waals surface area contributed by atoms with E-state index >= 15 is 0 Å². The molecule has 1 amide bonds. The summed E-state index contributed by atoms with van der Waals surface area (Å²) in [6.07, 6.45) is 0.863. The maximum Gasteiger partial charge on any atom is 0.261 e. The molecule has 8 nitrogen and oxygen atoms in total. The minimum Gasteiger partial charge on any atom is -0.495 e. The van der Waals surface area contributed by atoms with Crippen LogP contribution in [-0.4, -0.2) is 38.3 Å². The number of carbonyl (C=O) groups is 1. The molecule has 2 aromatic rings. The summed E-state index contributed by atoms with van der Waals surface area (Å²) in [5, 5.41) is 16.7. The van der Waals surface area contributed by atoms with Gasteiger partial charge in [-0.2, -0.15) is 0 Å². The predicted octanol–water partition coefficient (Wildman–Crippen LogP) is 2.74. The fourth-order valence-corrected chi connectivity index (χ4v) is 3.47. The molecule has 1 aromatic heterocycles. The number of nitrogens with one attached hydrogen (secondary N) is 2. The molecule has 128 valence electrons. The number of halogens is 2. The van der Waals surface area contributed by atoms with Gasteiger partial charge in [0.15, 0.2) is 5.11 Å². The van der Waals surface area contributed by atoms with Gasteiger partial charge >= 0.3 is 0 Å². The summed E-state index contributed by atoms with van der Waals surface area (Å²) < 4.78 is 8.20. The summed E-state index contributed by atoms with van der Waals surface area (Å²) >= 11 is 11.8. The molecule has 2 rings (SSSR count). The van der Waals surface area contributed by atoms with Gasteiger partial charge in [0.25, 0.3) is 5.91 Å². The highest BCUT2D eigenvalue weighted by Crippen LogP contribution is 2.32. The quantitative estimate of drug-likeness (QED) is 0.639. The molecule has 0 fully saturated rings. The molecule has 2 N–H and O–H groups in total. The SMILES string of the molecule is CCCn1nnnc1NC(=S)NC(=O)c1cc(Br)cc(Br)c1OC. The number of methoxy groups -OCH3 is 1. The molecular weight excluding hydrogens is 464 g/mol. The van der Waals surface area contributed by atoms with E-state index in [2.05, 4.69) is 58.0 Å². The van der Waals surface area contributed by atoms with Crippen molar-refractivity contribution in [1.82, 2.24) is 25.5 Å². The molecule has 1 heterocycles. The summed E-state index contributed by atoms with van der Waals surface area (Å²) in [5.74, 6) is 0.361. The Labute approximate surface area is 160 Å². The van der Waals surface area contributed by atoms with Gasteiger partial charge in [-0.25, -0.2) is 4.68 Å². The lowest BCUT2D eigenvalue weighted by molar-refractivity contribution is 0.0974. The Bertz CT molecular complexity index is 767. The Hall–Kier alpha value is -1.59. The third-order valence-corrected chi connectivity index (χ3v) is 4.13. The van der Waals surface area contributed by atoms with Crippen molar-refractivity contribution in [1.29, 1.82) is 0 Å². The Balaban J connectivity index is 2.12. The van der Waals surface area contributed by atoms with Crippen LogP contribution in [0.25, 0.3) is 0 Å². The second kappa shape index (κ2) is 8.49. The van der Waals surface area contributed by atoms with Crippen LogP contribution in [0.3, 0.4) is 0 Å². The van der Waals surface area contributed by atoms with E-state index in [1.165, 1.54) is 7.11 Å². The lowest BCUT2D eigenvalue weighted by Crippen LogP contribution is -2.35. The number of benzene rings is 1. The van der Waals surface area contributed by atoms with Crippen LogP contribution < -0.4 is 15.4 Å². The number of ether oxygens (including phenoxy) is 1. The molecule has 0 saturated carbocycles. The van der Waals surface area contributed by atoms with Gasteiger partial charge < -0.3 is 4.74 Å². The lowest BCUT2D eigenvalue weighted by Gasteiger charge is -2.13. The molecule has 0 bridgehead atoms. The summed E-state index contributed by atoms with van der Waals surface area (Å²) in [5.41, 5.74) is 0.330. The van der Waals surface area contributed by atoms with Crippen molar-refractivity contribution in [2.45, 2.75) is 19.9 Å². The lowest BCUT2D eigenvalue weighted by atomic mass is 10.2. The highest BCUT2D eigenvalue weighted by Gasteiger charge is 2.18. The number of hydrogen-bond donors (Lipinski definition) is 2. The number of aromatic nitrogens is 4. The van der Waals surface area contributed by atoms with Crippen molar-refractivity contribution in [2.24, 2.45) is 0 Å². The van der Waals surface area contributed by atoms with Gasteiger partial charge in [0.2, 0.25) is 5.95 Å². The number of aryl methyl sites for hydroxylation is 1. The Morgan fingerprint density at radius 3 is 2.83 bits per heavy atom. The van der Waals surface area contributed by atoms with E-state index in [1.54, 1.807) is 16.8 Å². The minimum absolute atomic E-state index is 0.0882. The summed E-state index contributed by atoms with van der Waals surface area (Å²) in [6, 6.07) is 3.42. The summed E-state index contributed by atoms with van der Waals surface area (Å²) in [4.78, 5) is 12.5. The van der Waals surface area contributed by atoms with Crippen LogP contribution in [0.2, 0.25) is 0 Å². The Morgan fingerprint density at radius 1 is 1.42 bits per heavy atom. The second-order valence-electron chi connectivity index (χ2n) is 4.60. The molecule has 0 unspecified atom stereocenters. The zero-order chi connectivity index (χ0) is 17.7. The van der Waals surface area contributed by atoms with Crippen LogP contribution in [0.15, 0.2) is 21.1 Å². The van der Waals surface area contributed by atoms with Crippen molar-refractivity contribution >= 4 is 61.0 Å². The molecule has 0 aliphatic carbocycles. The van der Waals surface area contributed by atoms with Crippen LogP contribution >= 0.6 is 44.1 Å². The average molecular weight is 478 g/mol. The topological polar surface area (TPSA) is 94.0 Å². The van der Waals surface area contributed by atoms with Gasteiger partial charge in [-0.05, 0) is 57.1 Å². The van der Waals surface area contributed by atoms with Gasteiger partial charge in [0.05, 0.1) is 17.1 Å². The van der Waals surface area contributed by atoms with Crippen molar-refractivity contribution in [3.8, 4) is 5.75 Å². The number of thiocarbonyl (C=S) groups is 1. The van der Waals surface area contributed by atoms with Crippen LogP contribution in [0, 0.1) is 0 Å². The Morgan fingerprint density at radius 2 is 2.17 bits per heavy atom. The standard InChI is InChI=1S/C13H14Br2N6O2S/c1-3-4-21-12(18-19-20-21)17-13(24)16-11(22)8-5-7(14)6-9(15)10(8)23-2/h5-6H,3-4H2,1-2H3,(H2,16,17,18,20,22,24). The van der Waals surface area contributed by atoms with E-state index in [4.69, 9.17) is 17.0 Å². The molecule has 1 aromatic carbocycles. The van der Waals surface area contributed by atoms with Gasteiger partial charge in [0, 0.05) is 11.0 Å². The average Bonchev–Trinajstić information content (AvgIpc) is 2.93. The second-order valence-corrected chi connectivity index (χ2v) is 6.78. The molecule has 11 heteroatoms. The molecule has 0 saturated heterocycles. The van der Waals surface area contributed by atoms with E-state index in [-0.39, 0.29) is 5.11 Å². The Kier molecular flexibility index (Phi) is 6.63. The van der Waals surface area contributed by atoms with Crippen molar-refractivity contribution in [2.75, 3.05) is 12.4 Å². The number of hydrogen-bond acceptors (Lipinski definition) is 6. The van der Waals surface area contributed by atoms with Crippen molar-refractivity contribution < 1.29 is 9.53 Å². The molecule has 0 aliphatic rings. The number of amides is 1. The molecule has 24 heavy (non-hydrogen) atoms. The van der Waals surface area contributed by atoms with Gasteiger partial charge in [0.1, 0.15) is 5.75 Å². The highest BCUT2D eigenvalue weighted by atomic mass is 79.9. The summed E-state index contributed by atoms with van der Waals surface area (Å²) in [6.45, 7) is 2.64. The zero-order valence-corrected chi connectivity index (χ0v) is 16.8. The predicted molar refractivity (Wildman–Crippen MR) is 100 cm³/mol. The fourth-order valence-electron chi connectivity index (χ4n) is 1.90. The van der Waals surface area contributed by atoms with E-state index in [0.29, 0.717) is 28.3 Å². The van der Waals surface area contributed by atoms with E-state index in [1.807, 2.05) is 6.92 Å². The molecular formula is C13H14Br2N6O2S. The molecule has 0 radical (unpaired) electrons. The number of anilines is 1. The first-order chi connectivity index (χ1) is 11.5. The van der Waals surface area contributed by atoms with E-state index < -0.39 is 5.91 Å². The third-order valence-electron chi connectivity index (χ3n) is 2.88.